The lowest BCUT2D eigenvalue weighted by Gasteiger charge is -2.29. The van der Waals surface area contributed by atoms with Crippen molar-refractivity contribution in [3.05, 3.63) is 34.9 Å². The zero-order chi connectivity index (χ0) is 20.6. The number of hydrogen-bond acceptors (Lipinski definition) is 3. The van der Waals surface area contributed by atoms with Gasteiger partial charge in [-0.05, 0) is 36.1 Å². The molecule has 0 bridgehead atoms. The summed E-state index contributed by atoms with van der Waals surface area (Å²) < 4.78 is 99.6. The predicted molar refractivity (Wildman–Crippen MR) is 84.8 cm³/mol. The van der Waals surface area contributed by atoms with Crippen LogP contribution in [0.15, 0.2) is 18.2 Å². The maximum Gasteiger partial charge on any atom is 0.416 e. The highest BCUT2D eigenvalue weighted by Crippen LogP contribution is 2.48. The summed E-state index contributed by atoms with van der Waals surface area (Å²) in [6, 6.07) is 1.08. The molecule has 0 saturated heterocycles. The van der Waals surface area contributed by atoms with E-state index >= 15 is 0 Å². The van der Waals surface area contributed by atoms with Gasteiger partial charge < -0.3 is 9.05 Å². The van der Waals surface area contributed by atoms with Crippen molar-refractivity contribution in [3.8, 4) is 0 Å². The molecule has 0 N–H and O–H groups in total. The summed E-state index contributed by atoms with van der Waals surface area (Å²) in [5.74, 6) is 0. The first-order valence-corrected chi connectivity index (χ1v) is 9.59. The van der Waals surface area contributed by atoms with Gasteiger partial charge in [0.05, 0.1) is 23.8 Å². The van der Waals surface area contributed by atoms with Gasteiger partial charge in [-0.1, -0.05) is 20.8 Å². The van der Waals surface area contributed by atoms with Crippen LogP contribution < -0.4 is 0 Å². The van der Waals surface area contributed by atoms with E-state index in [4.69, 9.17) is 9.05 Å². The highest BCUT2D eigenvalue weighted by Gasteiger charge is 2.37. The fourth-order valence-electron chi connectivity index (χ4n) is 1.77. The average Bonchev–Trinajstić information content (AvgIpc) is 2.41. The molecular formula is C16H21F6O3P. The van der Waals surface area contributed by atoms with Gasteiger partial charge in [0.25, 0.3) is 0 Å². The molecule has 0 aliphatic carbocycles. The highest BCUT2D eigenvalue weighted by molar-refractivity contribution is 7.52. The van der Waals surface area contributed by atoms with Crippen molar-refractivity contribution in [2.45, 2.75) is 52.8 Å². The number of halogens is 6. The van der Waals surface area contributed by atoms with Gasteiger partial charge >= 0.3 is 19.9 Å². The molecular weight excluding hydrogens is 385 g/mol. The Kier molecular flexibility index (Phi) is 6.65. The molecule has 0 spiro atoms. The summed E-state index contributed by atoms with van der Waals surface area (Å²) in [5.41, 5.74) is -3.70. The number of benzene rings is 1. The van der Waals surface area contributed by atoms with E-state index in [9.17, 15) is 30.9 Å². The lowest BCUT2D eigenvalue weighted by molar-refractivity contribution is -0.143. The summed E-state index contributed by atoms with van der Waals surface area (Å²) >= 11 is 0. The number of rotatable bonds is 5. The fraction of sp³-hybridized carbons (Fsp3) is 0.625. The van der Waals surface area contributed by atoms with Crippen molar-refractivity contribution in [2.24, 2.45) is 5.41 Å². The largest absolute Gasteiger partial charge is 0.416 e. The fourth-order valence-corrected chi connectivity index (χ4v) is 3.11. The zero-order valence-electron chi connectivity index (χ0n) is 15.0. The minimum atomic E-state index is -4.96. The van der Waals surface area contributed by atoms with Gasteiger partial charge in [-0.15, -0.1) is 0 Å². The van der Waals surface area contributed by atoms with Crippen LogP contribution in [0.1, 0.15) is 44.4 Å². The normalized spacial score (nSPS) is 17.0. The van der Waals surface area contributed by atoms with E-state index in [0.717, 1.165) is 6.66 Å². The Balaban J connectivity index is 3.04. The van der Waals surface area contributed by atoms with Crippen LogP contribution in [-0.2, 0) is 32.6 Å². The van der Waals surface area contributed by atoms with Crippen LogP contribution in [0.4, 0.5) is 26.3 Å². The molecule has 0 aliphatic rings. The Hall–Kier alpha value is -1.05. The van der Waals surface area contributed by atoms with Crippen molar-refractivity contribution < 1.29 is 40.0 Å². The first kappa shape index (κ1) is 23.0. The molecule has 0 radical (unpaired) electrons. The standard InChI is InChI=1S/C16H21F6O3P/c1-10(14(2,3)4)25-26(5,23)24-9-11-6-12(15(17,18)19)8-13(7-11)16(20,21)22/h6-8,10H,9H2,1-5H3. The monoisotopic (exact) mass is 406 g/mol. The van der Waals surface area contributed by atoms with E-state index in [-0.39, 0.29) is 11.5 Å². The minimum Gasteiger partial charge on any atom is -0.305 e. The maximum atomic E-state index is 12.8. The second kappa shape index (κ2) is 7.52. The van der Waals surface area contributed by atoms with Crippen LogP contribution in [0.25, 0.3) is 0 Å². The first-order valence-electron chi connectivity index (χ1n) is 7.60. The van der Waals surface area contributed by atoms with Gasteiger partial charge in [0.2, 0.25) is 0 Å². The second-order valence-corrected chi connectivity index (χ2v) is 9.08. The Morgan fingerprint density at radius 3 is 1.73 bits per heavy atom. The molecule has 2 atom stereocenters. The molecule has 150 valence electrons. The van der Waals surface area contributed by atoms with Crippen LogP contribution in [0.2, 0.25) is 0 Å². The van der Waals surface area contributed by atoms with E-state index in [1.807, 2.05) is 20.8 Å². The number of hydrogen-bond donors (Lipinski definition) is 0. The molecule has 0 aliphatic heterocycles. The molecule has 0 amide bonds. The van der Waals surface area contributed by atoms with Gasteiger partial charge in [0.15, 0.2) is 0 Å². The van der Waals surface area contributed by atoms with Crippen molar-refractivity contribution >= 4 is 7.60 Å². The Morgan fingerprint density at radius 2 is 1.38 bits per heavy atom. The third-order valence-electron chi connectivity index (χ3n) is 3.68. The molecule has 0 heterocycles. The summed E-state index contributed by atoms with van der Waals surface area (Å²) in [4.78, 5) is 0. The van der Waals surface area contributed by atoms with Crippen molar-refractivity contribution in [3.63, 3.8) is 0 Å². The van der Waals surface area contributed by atoms with Gasteiger partial charge in [-0.3, -0.25) is 4.57 Å². The molecule has 0 fully saturated rings. The Labute approximate surface area is 148 Å². The molecule has 0 saturated carbocycles. The van der Waals surface area contributed by atoms with E-state index in [0.29, 0.717) is 12.1 Å². The minimum absolute atomic E-state index is 0.0210. The molecule has 26 heavy (non-hydrogen) atoms. The van der Waals surface area contributed by atoms with E-state index in [1.165, 1.54) is 0 Å². The quantitative estimate of drug-likeness (QED) is 0.413. The van der Waals surface area contributed by atoms with Gasteiger partial charge in [-0.2, -0.15) is 26.3 Å². The molecule has 2 unspecified atom stereocenters. The van der Waals surface area contributed by atoms with Crippen molar-refractivity contribution in [1.29, 1.82) is 0 Å². The molecule has 1 aromatic carbocycles. The van der Waals surface area contributed by atoms with Crippen LogP contribution in [0.3, 0.4) is 0 Å². The molecule has 0 aromatic heterocycles. The molecule has 1 rings (SSSR count). The molecule has 1 aromatic rings. The van der Waals surface area contributed by atoms with Crippen LogP contribution in [0, 0.1) is 5.41 Å². The van der Waals surface area contributed by atoms with Crippen molar-refractivity contribution in [1.82, 2.24) is 0 Å². The molecule has 10 heteroatoms. The summed E-state index contributed by atoms with van der Waals surface area (Å²) in [6.07, 6.45) is -10.4. The summed E-state index contributed by atoms with van der Waals surface area (Å²) in [6.45, 7) is 7.51. The summed E-state index contributed by atoms with van der Waals surface area (Å²) in [5, 5.41) is 0. The first-order chi connectivity index (χ1) is 11.4. The highest BCUT2D eigenvalue weighted by atomic mass is 31.2. The SMILES string of the molecule is CC(OP(C)(=O)OCc1cc(C(F)(F)F)cc(C(F)(F)F)c1)C(C)(C)C. The van der Waals surface area contributed by atoms with Gasteiger partial charge in [0.1, 0.15) is 0 Å². The average molecular weight is 406 g/mol. The van der Waals surface area contributed by atoms with Crippen LogP contribution >= 0.6 is 7.60 Å². The third-order valence-corrected chi connectivity index (χ3v) is 4.98. The topological polar surface area (TPSA) is 35.5 Å². The van der Waals surface area contributed by atoms with E-state index in [1.54, 1.807) is 6.92 Å². The summed E-state index contributed by atoms with van der Waals surface area (Å²) in [7, 11) is -3.68. The van der Waals surface area contributed by atoms with Crippen LogP contribution in [0.5, 0.6) is 0 Å². The Morgan fingerprint density at radius 1 is 0.962 bits per heavy atom. The maximum absolute atomic E-state index is 12.8. The van der Waals surface area contributed by atoms with Crippen LogP contribution in [-0.4, -0.2) is 12.8 Å². The number of alkyl halides is 6. The van der Waals surface area contributed by atoms with Gasteiger partial charge in [-0.25, -0.2) is 0 Å². The third kappa shape index (κ3) is 6.93. The lowest BCUT2D eigenvalue weighted by atomic mass is 9.91. The lowest BCUT2D eigenvalue weighted by Crippen LogP contribution is -2.25. The molecule has 3 nitrogen and oxygen atoms in total. The zero-order valence-corrected chi connectivity index (χ0v) is 15.9. The van der Waals surface area contributed by atoms with Crippen molar-refractivity contribution in [2.75, 3.05) is 6.66 Å². The van der Waals surface area contributed by atoms with E-state index < -0.39 is 49.3 Å². The predicted octanol–water partition coefficient (Wildman–Crippen LogP) is 6.51. The van der Waals surface area contributed by atoms with E-state index in [2.05, 4.69) is 0 Å². The smallest absolute Gasteiger partial charge is 0.305 e. The Bertz CT molecular complexity index is 644. The second-order valence-electron chi connectivity index (χ2n) is 7.07. The van der Waals surface area contributed by atoms with Gasteiger partial charge in [0, 0.05) is 6.66 Å².